The Bertz CT molecular complexity index is 1000. The number of ether oxygens (including phenoxy) is 1. The van der Waals surface area contributed by atoms with E-state index in [1.54, 1.807) is 0 Å². The molecule has 0 unspecified atom stereocenters. The third-order valence-corrected chi connectivity index (χ3v) is 6.03. The maximum atomic E-state index is 12.1. The van der Waals surface area contributed by atoms with E-state index in [1.807, 2.05) is 0 Å². The third kappa shape index (κ3) is 5.01. The zero-order chi connectivity index (χ0) is 21.7. The number of ketones is 1. The highest BCUT2D eigenvalue weighted by Gasteiger charge is 2.24. The van der Waals surface area contributed by atoms with Gasteiger partial charge in [-0.3, -0.25) is 24.5 Å². The summed E-state index contributed by atoms with van der Waals surface area (Å²) >= 11 is 1.49. The molecule has 1 aromatic heterocycles. The highest BCUT2D eigenvalue weighted by molar-refractivity contribution is 7.16. The Morgan fingerprint density at radius 2 is 2.00 bits per heavy atom. The van der Waals surface area contributed by atoms with Crippen LogP contribution in [0.3, 0.4) is 0 Å². The number of amides is 1. The summed E-state index contributed by atoms with van der Waals surface area (Å²) in [7, 11) is 0. The number of non-ortho nitro benzene ring substituents is 1. The number of aryl methyl sites for hydroxylation is 1. The van der Waals surface area contributed by atoms with Gasteiger partial charge in [-0.2, -0.15) is 0 Å². The van der Waals surface area contributed by atoms with Crippen LogP contribution in [0.1, 0.15) is 50.4 Å². The fraction of sp³-hybridized carbons (Fsp3) is 0.350. The van der Waals surface area contributed by atoms with Gasteiger partial charge in [-0.15, -0.1) is 11.3 Å². The molecule has 0 atom stereocenters. The van der Waals surface area contributed by atoms with E-state index in [4.69, 9.17) is 10.5 Å². The Morgan fingerprint density at radius 3 is 2.73 bits per heavy atom. The van der Waals surface area contributed by atoms with Crippen LogP contribution in [0.5, 0.6) is 0 Å². The third-order valence-electron chi connectivity index (χ3n) is 4.78. The molecule has 0 radical (unpaired) electrons. The predicted molar refractivity (Wildman–Crippen MR) is 111 cm³/mol. The second-order valence-electron chi connectivity index (χ2n) is 6.85. The standard InChI is InChI=1S/C20H21N3O6S/c21-19(26)18-14-6-1-2-7-16(14)30-20(18)22-9-8-17(25)29-11-15(24)12-4-3-5-13(10-12)23(27)28/h3-5,10,22H,1-2,6-9,11H2,(H2,21,26). The van der Waals surface area contributed by atoms with Crippen molar-refractivity contribution in [2.75, 3.05) is 18.5 Å². The van der Waals surface area contributed by atoms with E-state index < -0.39 is 29.2 Å². The molecule has 0 saturated heterocycles. The topological polar surface area (TPSA) is 142 Å². The van der Waals surface area contributed by atoms with Gasteiger partial charge in [0.05, 0.1) is 16.9 Å². The quantitative estimate of drug-likeness (QED) is 0.269. The zero-order valence-electron chi connectivity index (χ0n) is 16.1. The Hall–Kier alpha value is -3.27. The van der Waals surface area contributed by atoms with Crippen LogP contribution in [0.4, 0.5) is 10.7 Å². The van der Waals surface area contributed by atoms with Crippen molar-refractivity contribution in [3.63, 3.8) is 0 Å². The molecule has 1 amide bonds. The van der Waals surface area contributed by atoms with Crippen LogP contribution in [0.15, 0.2) is 24.3 Å². The molecular weight excluding hydrogens is 410 g/mol. The predicted octanol–water partition coefficient (Wildman–Crippen LogP) is 2.86. The molecule has 0 aliphatic heterocycles. The first kappa shape index (κ1) is 21.4. The van der Waals surface area contributed by atoms with E-state index in [-0.39, 0.29) is 24.2 Å². The van der Waals surface area contributed by atoms with Crippen molar-refractivity contribution in [1.82, 2.24) is 0 Å². The molecule has 158 valence electrons. The Balaban J connectivity index is 1.50. The first-order chi connectivity index (χ1) is 14.4. The minimum Gasteiger partial charge on any atom is -0.457 e. The average Bonchev–Trinajstić information content (AvgIpc) is 3.10. The van der Waals surface area contributed by atoms with Gasteiger partial charge in [0.2, 0.25) is 5.78 Å². The van der Waals surface area contributed by atoms with Gasteiger partial charge in [0.1, 0.15) is 5.00 Å². The molecule has 1 heterocycles. The van der Waals surface area contributed by atoms with Gasteiger partial charge in [-0.25, -0.2) is 0 Å². The van der Waals surface area contributed by atoms with E-state index in [0.29, 0.717) is 10.6 Å². The van der Waals surface area contributed by atoms with E-state index in [0.717, 1.165) is 42.2 Å². The molecule has 1 aliphatic rings. The lowest BCUT2D eigenvalue weighted by Gasteiger charge is -2.11. The van der Waals surface area contributed by atoms with Crippen LogP contribution in [-0.2, 0) is 22.4 Å². The zero-order valence-corrected chi connectivity index (χ0v) is 17.0. The fourth-order valence-corrected chi connectivity index (χ4v) is 4.64. The first-order valence-corrected chi connectivity index (χ1v) is 10.3. The largest absolute Gasteiger partial charge is 0.457 e. The van der Waals surface area contributed by atoms with Crippen LogP contribution in [0.25, 0.3) is 0 Å². The normalized spacial score (nSPS) is 12.7. The Morgan fingerprint density at radius 1 is 1.23 bits per heavy atom. The molecule has 2 aromatic rings. The number of carbonyl (C=O) groups excluding carboxylic acids is 3. The summed E-state index contributed by atoms with van der Waals surface area (Å²) in [5.74, 6) is -1.60. The molecule has 9 nitrogen and oxygen atoms in total. The van der Waals surface area contributed by atoms with Crippen molar-refractivity contribution in [3.8, 4) is 0 Å². The molecule has 3 rings (SSSR count). The number of nitrogens with one attached hydrogen (secondary N) is 1. The van der Waals surface area contributed by atoms with Crippen LogP contribution in [0.2, 0.25) is 0 Å². The molecule has 10 heteroatoms. The van der Waals surface area contributed by atoms with Crippen LogP contribution < -0.4 is 11.1 Å². The fourth-order valence-electron chi connectivity index (χ4n) is 3.32. The lowest BCUT2D eigenvalue weighted by atomic mass is 9.95. The Kier molecular flexibility index (Phi) is 6.78. The van der Waals surface area contributed by atoms with Crippen LogP contribution >= 0.6 is 11.3 Å². The number of nitrogens with zero attached hydrogens (tertiary/aromatic N) is 1. The lowest BCUT2D eigenvalue weighted by Crippen LogP contribution is -2.18. The van der Waals surface area contributed by atoms with Crippen molar-refractivity contribution in [1.29, 1.82) is 0 Å². The van der Waals surface area contributed by atoms with E-state index in [9.17, 15) is 24.5 Å². The van der Waals surface area contributed by atoms with Gasteiger partial charge in [-0.1, -0.05) is 12.1 Å². The number of rotatable bonds is 9. The summed E-state index contributed by atoms with van der Waals surface area (Å²) in [6.45, 7) is -0.274. The number of nitro benzene ring substituents is 1. The smallest absolute Gasteiger partial charge is 0.308 e. The molecule has 0 saturated carbocycles. The number of hydrogen-bond donors (Lipinski definition) is 2. The molecule has 1 aromatic carbocycles. The number of esters is 1. The average molecular weight is 431 g/mol. The Labute approximate surface area is 176 Å². The van der Waals surface area contributed by atoms with Crippen LogP contribution in [0, 0.1) is 10.1 Å². The summed E-state index contributed by atoms with van der Waals surface area (Å²) in [4.78, 5) is 47.2. The molecule has 0 spiro atoms. The molecular formula is C20H21N3O6S. The van der Waals surface area contributed by atoms with Gasteiger partial charge in [0, 0.05) is 29.1 Å². The molecule has 0 bridgehead atoms. The second kappa shape index (κ2) is 9.49. The monoisotopic (exact) mass is 431 g/mol. The summed E-state index contributed by atoms with van der Waals surface area (Å²) in [6, 6.07) is 5.24. The van der Waals surface area contributed by atoms with E-state index in [1.165, 1.54) is 29.5 Å². The van der Waals surface area contributed by atoms with Gasteiger partial charge in [0.25, 0.3) is 11.6 Å². The number of Topliss-reactive ketones (excluding diaryl/α,β-unsaturated/α-hetero) is 1. The number of thiophene rings is 1. The van der Waals surface area contributed by atoms with Crippen molar-refractivity contribution in [2.24, 2.45) is 5.73 Å². The summed E-state index contributed by atoms with van der Waals surface area (Å²) in [5, 5.41) is 14.5. The number of hydrogen-bond acceptors (Lipinski definition) is 8. The number of benzene rings is 1. The molecule has 30 heavy (non-hydrogen) atoms. The number of nitro groups is 1. The van der Waals surface area contributed by atoms with Gasteiger partial charge in [-0.05, 0) is 31.2 Å². The van der Waals surface area contributed by atoms with Gasteiger partial charge < -0.3 is 15.8 Å². The highest BCUT2D eigenvalue weighted by Crippen LogP contribution is 2.37. The van der Waals surface area contributed by atoms with Crippen molar-refractivity contribution in [3.05, 3.63) is 55.9 Å². The minimum atomic E-state index is -0.600. The van der Waals surface area contributed by atoms with E-state index in [2.05, 4.69) is 5.32 Å². The number of primary amides is 1. The van der Waals surface area contributed by atoms with Crippen molar-refractivity contribution >= 4 is 39.7 Å². The number of nitrogens with two attached hydrogens (primary N) is 1. The molecule has 1 aliphatic carbocycles. The lowest BCUT2D eigenvalue weighted by molar-refractivity contribution is -0.384. The van der Waals surface area contributed by atoms with Crippen molar-refractivity contribution < 1.29 is 24.0 Å². The summed E-state index contributed by atoms with van der Waals surface area (Å²) in [6.07, 6.45) is 3.84. The highest BCUT2D eigenvalue weighted by atomic mass is 32.1. The maximum absolute atomic E-state index is 12.1. The number of anilines is 1. The SMILES string of the molecule is NC(=O)c1c(NCCC(=O)OCC(=O)c2cccc([N+](=O)[O-])c2)sc2c1CCCC2. The number of fused-ring (bicyclic) bond motifs is 1. The van der Waals surface area contributed by atoms with Crippen molar-refractivity contribution in [2.45, 2.75) is 32.1 Å². The maximum Gasteiger partial charge on any atom is 0.308 e. The van der Waals surface area contributed by atoms with E-state index >= 15 is 0 Å². The van der Waals surface area contributed by atoms with Gasteiger partial charge in [0.15, 0.2) is 6.61 Å². The summed E-state index contributed by atoms with van der Waals surface area (Å²) < 4.78 is 4.97. The summed E-state index contributed by atoms with van der Waals surface area (Å²) in [5.41, 5.74) is 6.94. The minimum absolute atomic E-state index is 0.0109. The number of carbonyl (C=O) groups is 3. The molecule has 3 N–H and O–H groups in total. The van der Waals surface area contributed by atoms with Crippen LogP contribution in [-0.4, -0.2) is 35.7 Å². The second-order valence-corrected chi connectivity index (χ2v) is 7.95. The first-order valence-electron chi connectivity index (χ1n) is 9.48. The molecule has 0 fully saturated rings. The van der Waals surface area contributed by atoms with Gasteiger partial charge >= 0.3 is 5.97 Å².